The van der Waals surface area contributed by atoms with Crippen LogP contribution in [0, 0.1) is 0 Å². The fourth-order valence-electron chi connectivity index (χ4n) is 2.03. The van der Waals surface area contributed by atoms with Gasteiger partial charge in [-0.2, -0.15) is 5.10 Å². The highest BCUT2D eigenvalue weighted by Crippen LogP contribution is 2.08. The molecule has 0 aromatic carbocycles. The van der Waals surface area contributed by atoms with Gasteiger partial charge in [0.2, 0.25) is 0 Å². The highest BCUT2D eigenvalue weighted by Gasteiger charge is 2.11. The van der Waals surface area contributed by atoms with Crippen LogP contribution in [-0.4, -0.2) is 45.4 Å². The van der Waals surface area contributed by atoms with E-state index in [1.165, 1.54) is 19.3 Å². The number of aromatic nitrogens is 2. The van der Waals surface area contributed by atoms with Gasteiger partial charge < -0.3 is 10.0 Å². The fraction of sp³-hybridized carbons (Fsp3) is 0.636. The average molecular weight is 223 g/mol. The Labute approximate surface area is 94.7 Å². The summed E-state index contributed by atoms with van der Waals surface area (Å²) < 4.78 is 1.71. The van der Waals surface area contributed by atoms with E-state index < -0.39 is 5.97 Å². The minimum Gasteiger partial charge on any atom is -0.476 e. The van der Waals surface area contributed by atoms with Crippen molar-refractivity contribution in [1.82, 2.24) is 14.7 Å². The molecule has 1 N–H and O–H groups in total. The first-order valence-corrected chi connectivity index (χ1v) is 5.75. The lowest BCUT2D eigenvalue weighted by Crippen LogP contribution is -2.32. The summed E-state index contributed by atoms with van der Waals surface area (Å²) in [6.07, 6.45) is 5.62. The Kier molecular flexibility index (Phi) is 3.56. The summed E-state index contributed by atoms with van der Waals surface area (Å²) in [6.45, 7) is 4.05. The quantitative estimate of drug-likeness (QED) is 0.829. The highest BCUT2D eigenvalue weighted by atomic mass is 16.4. The number of nitrogens with zero attached hydrogens (tertiary/aromatic N) is 3. The second-order valence-electron chi connectivity index (χ2n) is 4.17. The van der Waals surface area contributed by atoms with E-state index in [1.807, 2.05) is 0 Å². The van der Waals surface area contributed by atoms with Gasteiger partial charge in [-0.25, -0.2) is 4.79 Å². The Balaban J connectivity index is 1.81. The molecule has 1 aromatic rings. The first-order valence-electron chi connectivity index (χ1n) is 5.75. The van der Waals surface area contributed by atoms with Crippen molar-refractivity contribution in [2.45, 2.75) is 25.8 Å². The molecule has 0 radical (unpaired) electrons. The normalized spacial score (nSPS) is 17.5. The molecule has 0 atom stereocenters. The second-order valence-corrected chi connectivity index (χ2v) is 4.17. The maximum atomic E-state index is 10.6. The van der Waals surface area contributed by atoms with Crippen molar-refractivity contribution in [1.29, 1.82) is 0 Å². The van der Waals surface area contributed by atoms with Crippen molar-refractivity contribution in [3.05, 3.63) is 18.0 Å². The molecule has 0 bridgehead atoms. The van der Waals surface area contributed by atoms with Gasteiger partial charge in [-0.1, -0.05) is 6.42 Å². The summed E-state index contributed by atoms with van der Waals surface area (Å²) in [7, 11) is 0. The Bertz CT molecular complexity index is 356. The summed E-state index contributed by atoms with van der Waals surface area (Å²) in [4.78, 5) is 13.0. The number of likely N-dealkylation sites (tertiary alicyclic amines) is 1. The standard InChI is InChI=1S/C11H17N3O2/c15-11(16)10-4-7-14(12-10)9-8-13-5-2-1-3-6-13/h4,7H,1-3,5-6,8-9H2,(H,15,16). The van der Waals surface area contributed by atoms with Crippen LogP contribution < -0.4 is 0 Å². The molecule has 0 saturated carbocycles. The molecule has 1 fully saturated rings. The number of rotatable bonds is 4. The second kappa shape index (κ2) is 5.12. The molecule has 0 spiro atoms. The molecule has 2 heterocycles. The third kappa shape index (κ3) is 2.82. The van der Waals surface area contributed by atoms with Crippen LogP contribution in [0.5, 0.6) is 0 Å². The molecule has 5 nitrogen and oxygen atoms in total. The van der Waals surface area contributed by atoms with Crippen molar-refractivity contribution >= 4 is 5.97 Å². The molecular weight excluding hydrogens is 206 g/mol. The van der Waals surface area contributed by atoms with Gasteiger partial charge in [-0.05, 0) is 32.0 Å². The van der Waals surface area contributed by atoms with Crippen LogP contribution in [-0.2, 0) is 6.54 Å². The van der Waals surface area contributed by atoms with Crippen molar-refractivity contribution in [3.8, 4) is 0 Å². The molecule has 1 aromatic heterocycles. The first-order chi connectivity index (χ1) is 7.75. The van der Waals surface area contributed by atoms with Gasteiger partial charge in [-0.15, -0.1) is 0 Å². The molecule has 1 aliphatic rings. The third-order valence-corrected chi connectivity index (χ3v) is 2.95. The molecule has 1 saturated heterocycles. The highest BCUT2D eigenvalue weighted by molar-refractivity contribution is 5.84. The van der Waals surface area contributed by atoms with Crippen LogP contribution in [0.4, 0.5) is 0 Å². The van der Waals surface area contributed by atoms with E-state index in [9.17, 15) is 4.79 Å². The lowest BCUT2D eigenvalue weighted by Gasteiger charge is -2.26. The summed E-state index contributed by atoms with van der Waals surface area (Å²) in [5, 5.41) is 12.7. The van der Waals surface area contributed by atoms with Crippen molar-refractivity contribution in [3.63, 3.8) is 0 Å². The fourth-order valence-corrected chi connectivity index (χ4v) is 2.03. The lowest BCUT2D eigenvalue weighted by molar-refractivity contribution is 0.0689. The number of piperidine rings is 1. The van der Waals surface area contributed by atoms with Crippen LogP contribution in [0.15, 0.2) is 12.3 Å². The summed E-state index contributed by atoms with van der Waals surface area (Å²) in [6, 6.07) is 1.54. The topological polar surface area (TPSA) is 58.4 Å². The van der Waals surface area contributed by atoms with Gasteiger partial charge in [0.25, 0.3) is 0 Å². The lowest BCUT2D eigenvalue weighted by atomic mass is 10.1. The summed E-state index contributed by atoms with van der Waals surface area (Å²) >= 11 is 0. The summed E-state index contributed by atoms with van der Waals surface area (Å²) in [5.41, 5.74) is 0.124. The minimum atomic E-state index is -0.961. The maximum absolute atomic E-state index is 10.6. The van der Waals surface area contributed by atoms with E-state index in [0.717, 1.165) is 26.2 Å². The van der Waals surface area contributed by atoms with E-state index >= 15 is 0 Å². The number of aromatic carboxylic acids is 1. The Morgan fingerprint density at radius 1 is 1.31 bits per heavy atom. The van der Waals surface area contributed by atoms with Crippen molar-refractivity contribution in [2.24, 2.45) is 0 Å². The number of carboxylic acids is 1. The SMILES string of the molecule is O=C(O)c1ccn(CCN2CCCCC2)n1. The van der Waals surface area contributed by atoms with Crippen LogP contribution in [0.3, 0.4) is 0 Å². The van der Waals surface area contributed by atoms with Crippen molar-refractivity contribution < 1.29 is 9.90 Å². The number of carboxylic acid groups (broad SMARTS) is 1. The van der Waals surface area contributed by atoms with Gasteiger partial charge in [-0.3, -0.25) is 4.68 Å². The van der Waals surface area contributed by atoms with Gasteiger partial charge in [0.15, 0.2) is 5.69 Å². The molecule has 16 heavy (non-hydrogen) atoms. The average Bonchev–Trinajstić information content (AvgIpc) is 2.76. The predicted molar refractivity (Wildman–Crippen MR) is 59.5 cm³/mol. The van der Waals surface area contributed by atoms with Gasteiger partial charge >= 0.3 is 5.97 Å². The van der Waals surface area contributed by atoms with E-state index in [2.05, 4.69) is 10.00 Å². The zero-order valence-electron chi connectivity index (χ0n) is 9.30. The molecule has 2 rings (SSSR count). The molecule has 1 aliphatic heterocycles. The van der Waals surface area contributed by atoms with Gasteiger partial charge in [0.1, 0.15) is 0 Å². The largest absolute Gasteiger partial charge is 0.476 e. The van der Waals surface area contributed by atoms with E-state index in [4.69, 9.17) is 5.11 Å². The van der Waals surface area contributed by atoms with Crippen LogP contribution >= 0.6 is 0 Å². The molecule has 0 unspecified atom stereocenters. The third-order valence-electron chi connectivity index (χ3n) is 2.95. The monoisotopic (exact) mass is 223 g/mol. The Morgan fingerprint density at radius 2 is 2.06 bits per heavy atom. The first kappa shape index (κ1) is 11.1. The maximum Gasteiger partial charge on any atom is 0.356 e. The molecule has 0 amide bonds. The van der Waals surface area contributed by atoms with Crippen LogP contribution in [0.2, 0.25) is 0 Å². The predicted octanol–water partition coefficient (Wildman–Crippen LogP) is 1.07. The number of carbonyl (C=O) groups is 1. The zero-order valence-corrected chi connectivity index (χ0v) is 9.30. The van der Waals surface area contributed by atoms with Crippen LogP contribution in [0.1, 0.15) is 29.8 Å². The van der Waals surface area contributed by atoms with E-state index in [-0.39, 0.29) is 5.69 Å². The van der Waals surface area contributed by atoms with Crippen molar-refractivity contribution in [2.75, 3.05) is 19.6 Å². The molecule has 0 aliphatic carbocycles. The smallest absolute Gasteiger partial charge is 0.356 e. The molecular formula is C11H17N3O2. The molecule has 88 valence electrons. The Hall–Kier alpha value is -1.36. The van der Waals surface area contributed by atoms with E-state index in [1.54, 1.807) is 16.9 Å². The zero-order chi connectivity index (χ0) is 11.4. The molecule has 5 heteroatoms. The number of hydrogen-bond donors (Lipinski definition) is 1. The van der Waals surface area contributed by atoms with Gasteiger partial charge in [0.05, 0.1) is 6.54 Å². The number of hydrogen-bond acceptors (Lipinski definition) is 3. The van der Waals surface area contributed by atoms with Crippen LogP contribution in [0.25, 0.3) is 0 Å². The summed E-state index contributed by atoms with van der Waals surface area (Å²) in [5.74, 6) is -0.961. The van der Waals surface area contributed by atoms with Gasteiger partial charge in [0, 0.05) is 12.7 Å². The minimum absolute atomic E-state index is 0.124. The van der Waals surface area contributed by atoms with E-state index in [0.29, 0.717) is 0 Å². The Morgan fingerprint density at radius 3 is 2.69 bits per heavy atom.